The number of phenols is 1. The molecule has 41 heavy (non-hydrogen) atoms. The first-order valence-electron chi connectivity index (χ1n) is 14.0. The lowest BCUT2D eigenvalue weighted by Gasteiger charge is -2.27. The van der Waals surface area contributed by atoms with Gasteiger partial charge in [-0.15, -0.1) is 0 Å². The lowest BCUT2D eigenvalue weighted by atomic mass is 9.93. The summed E-state index contributed by atoms with van der Waals surface area (Å²) in [5.74, 6) is 2.00. The molecule has 0 aliphatic carbocycles. The van der Waals surface area contributed by atoms with Crippen molar-refractivity contribution in [2.75, 3.05) is 20.8 Å². The van der Waals surface area contributed by atoms with Crippen molar-refractivity contribution in [2.24, 2.45) is 0 Å². The van der Waals surface area contributed by atoms with E-state index in [1.54, 1.807) is 14.2 Å². The molecule has 1 aromatic heterocycles. The van der Waals surface area contributed by atoms with Gasteiger partial charge in [0, 0.05) is 17.7 Å². The van der Waals surface area contributed by atoms with Crippen molar-refractivity contribution >= 4 is 5.91 Å². The highest BCUT2D eigenvalue weighted by molar-refractivity contribution is 6.00. The van der Waals surface area contributed by atoms with E-state index in [4.69, 9.17) is 14.2 Å². The fraction of sp³-hybridized carbons (Fsp3) is 0.333. The Bertz CT molecular complexity index is 1540. The second-order valence-electron chi connectivity index (χ2n) is 10.5. The molecule has 214 valence electrons. The van der Waals surface area contributed by atoms with Gasteiger partial charge in [-0.05, 0) is 72.9 Å². The quantitative estimate of drug-likeness (QED) is 0.199. The number of ether oxygens (including phenoxy) is 3. The van der Waals surface area contributed by atoms with Gasteiger partial charge in [-0.1, -0.05) is 44.0 Å². The van der Waals surface area contributed by atoms with E-state index in [1.165, 1.54) is 0 Å². The van der Waals surface area contributed by atoms with E-state index in [0.29, 0.717) is 41.6 Å². The fourth-order valence-corrected chi connectivity index (χ4v) is 5.49. The summed E-state index contributed by atoms with van der Waals surface area (Å²) in [5, 5.41) is 18.6. The second kappa shape index (κ2) is 12.0. The van der Waals surface area contributed by atoms with Crippen LogP contribution in [0.3, 0.4) is 0 Å². The number of benzene rings is 3. The Kier molecular flexibility index (Phi) is 8.19. The molecule has 1 aliphatic heterocycles. The number of carbonyl (C=O) groups is 1. The number of aryl methyl sites for hydroxylation is 2. The van der Waals surface area contributed by atoms with Crippen molar-refractivity contribution in [1.29, 1.82) is 0 Å². The molecule has 0 saturated heterocycles. The largest absolute Gasteiger partial charge is 0.507 e. The molecule has 0 bridgehead atoms. The van der Waals surface area contributed by atoms with Crippen molar-refractivity contribution in [3.05, 3.63) is 88.1 Å². The number of unbranched alkanes of at least 4 members (excludes halogenated alkanes) is 2. The molecule has 0 spiro atoms. The average Bonchev–Trinajstić information content (AvgIpc) is 3.52. The van der Waals surface area contributed by atoms with Crippen LogP contribution in [-0.4, -0.2) is 46.9 Å². The Labute approximate surface area is 240 Å². The molecular weight excluding hydrogens is 518 g/mol. The summed E-state index contributed by atoms with van der Waals surface area (Å²) < 4.78 is 17.1. The molecule has 5 rings (SSSR count). The highest BCUT2D eigenvalue weighted by Gasteiger charge is 2.43. The van der Waals surface area contributed by atoms with E-state index in [-0.39, 0.29) is 11.7 Å². The number of hydrogen-bond acceptors (Lipinski definition) is 6. The van der Waals surface area contributed by atoms with Crippen LogP contribution in [0, 0.1) is 13.8 Å². The summed E-state index contributed by atoms with van der Waals surface area (Å²) in [7, 11) is 3.25. The standard InChI is InChI=1S/C33H37N3O5/c1-6-7-8-15-41-26-14-11-23(18-27(26)40-5)31-28-29(25-17-20(2)16-21(3)32(25)37)34-35-30(28)33(38)36(31)19-22-9-12-24(39-4)13-10-22/h9-14,16-18,31,37H,6-8,15,19H2,1-5H3,(H,34,35). The van der Waals surface area contributed by atoms with Crippen LogP contribution in [0.1, 0.15) is 70.5 Å². The normalized spacial score (nSPS) is 14.3. The van der Waals surface area contributed by atoms with Gasteiger partial charge in [0.15, 0.2) is 11.5 Å². The molecular formula is C33H37N3O5. The molecule has 0 radical (unpaired) electrons. The van der Waals surface area contributed by atoms with Crippen molar-refractivity contribution < 1.29 is 24.1 Å². The summed E-state index contributed by atoms with van der Waals surface area (Å²) in [6.07, 6.45) is 3.18. The Hall–Kier alpha value is -4.46. The van der Waals surface area contributed by atoms with Crippen LogP contribution in [0.15, 0.2) is 54.6 Å². The van der Waals surface area contributed by atoms with Gasteiger partial charge in [0.25, 0.3) is 5.91 Å². The molecule has 8 heteroatoms. The van der Waals surface area contributed by atoms with E-state index in [9.17, 15) is 9.90 Å². The van der Waals surface area contributed by atoms with Gasteiger partial charge >= 0.3 is 0 Å². The summed E-state index contributed by atoms with van der Waals surface area (Å²) in [6, 6.07) is 16.9. The predicted molar refractivity (Wildman–Crippen MR) is 158 cm³/mol. The van der Waals surface area contributed by atoms with Crippen LogP contribution in [0.2, 0.25) is 0 Å². The van der Waals surface area contributed by atoms with Crippen molar-refractivity contribution in [3.8, 4) is 34.3 Å². The molecule has 2 N–H and O–H groups in total. The molecule has 2 heterocycles. The van der Waals surface area contributed by atoms with Crippen LogP contribution in [0.4, 0.5) is 0 Å². The van der Waals surface area contributed by atoms with E-state index in [2.05, 4.69) is 17.1 Å². The van der Waals surface area contributed by atoms with Gasteiger partial charge in [-0.2, -0.15) is 5.10 Å². The van der Waals surface area contributed by atoms with Crippen LogP contribution in [0.25, 0.3) is 11.3 Å². The molecule has 0 saturated carbocycles. The number of carbonyl (C=O) groups excluding carboxylic acids is 1. The number of aromatic amines is 1. The second-order valence-corrected chi connectivity index (χ2v) is 10.5. The zero-order valence-corrected chi connectivity index (χ0v) is 24.3. The zero-order chi connectivity index (χ0) is 29.1. The topological polar surface area (TPSA) is 96.9 Å². The maximum atomic E-state index is 13.9. The number of fused-ring (bicyclic) bond motifs is 1. The summed E-state index contributed by atoms with van der Waals surface area (Å²) in [5.41, 5.74) is 5.84. The van der Waals surface area contributed by atoms with Gasteiger partial charge in [-0.25, -0.2) is 0 Å². The van der Waals surface area contributed by atoms with Crippen LogP contribution in [0.5, 0.6) is 23.0 Å². The highest BCUT2D eigenvalue weighted by atomic mass is 16.5. The molecule has 8 nitrogen and oxygen atoms in total. The van der Waals surface area contributed by atoms with E-state index >= 15 is 0 Å². The van der Waals surface area contributed by atoms with Crippen LogP contribution in [-0.2, 0) is 6.54 Å². The number of H-pyrrole nitrogens is 1. The first-order valence-corrected chi connectivity index (χ1v) is 14.0. The minimum Gasteiger partial charge on any atom is -0.507 e. The van der Waals surface area contributed by atoms with Crippen molar-refractivity contribution in [2.45, 2.75) is 52.6 Å². The average molecular weight is 556 g/mol. The molecule has 1 unspecified atom stereocenters. The summed E-state index contributed by atoms with van der Waals surface area (Å²) >= 11 is 0. The van der Waals surface area contributed by atoms with Crippen molar-refractivity contribution in [3.63, 3.8) is 0 Å². The molecule has 4 aromatic rings. The fourth-order valence-electron chi connectivity index (χ4n) is 5.49. The van der Waals surface area contributed by atoms with Crippen LogP contribution >= 0.6 is 0 Å². The maximum Gasteiger partial charge on any atom is 0.273 e. The first kappa shape index (κ1) is 28.1. The zero-order valence-electron chi connectivity index (χ0n) is 24.3. The van der Waals surface area contributed by atoms with Gasteiger partial charge in [0.2, 0.25) is 0 Å². The lowest BCUT2D eigenvalue weighted by Crippen LogP contribution is -2.29. The lowest BCUT2D eigenvalue weighted by molar-refractivity contribution is 0.0730. The van der Waals surface area contributed by atoms with Crippen LogP contribution < -0.4 is 14.2 Å². The van der Waals surface area contributed by atoms with Gasteiger partial charge in [0.1, 0.15) is 22.9 Å². The molecule has 1 aliphatic rings. The Morgan fingerprint density at radius 2 is 1.76 bits per heavy atom. The summed E-state index contributed by atoms with van der Waals surface area (Å²) in [4.78, 5) is 15.7. The first-order chi connectivity index (χ1) is 19.9. The predicted octanol–water partition coefficient (Wildman–Crippen LogP) is 6.73. The van der Waals surface area contributed by atoms with E-state index in [1.807, 2.05) is 73.3 Å². The number of aromatic nitrogens is 2. The Morgan fingerprint density at radius 1 is 0.976 bits per heavy atom. The van der Waals surface area contributed by atoms with E-state index < -0.39 is 6.04 Å². The Morgan fingerprint density at radius 3 is 2.46 bits per heavy atom. The number of amides is 1. The third-order valence-electron chi connectivity index (χ3n) is 7.58. The number of hydrogen-bond donors (Lipinski definition) is 2. The summed E-state index contributed by atoms with van der Waals surface area (Å²) in [6.45, 7) is 6.97. The van der Waals surface area contributed by atoms with Gasteiger partial charge in [0.05, 0.1) is 26.9 Å². The molecule has 1 amide bonds. The third kappa shape index (κ3) is 5.46. The number of phenolic OH excluding ortho intramolecular Hbond substituents is 1. The van der Waals surface area contributed by atoms with E-state index in [0.717, 1.165) is 52.8 Å². The van der Waals surface area contributed by atoms with Gasteiger partial charge < -0.3 is 24.2 Å². The van der Waals surface area contributed by atoms with Crippen molar-refractivity contribution in [1.82, 2.24) is 15.1 Å². The number of methoxy groups -OCH3 is 2. The van der Waals surface area contributed by atoms with Gasteiger partial charge in [-0.3, -0.25) is 9.89 Å². The minimum atomic E-state index is -0.475. The number of nitrogens with zero attached hydrogens (tertiary/aromatic N) is 2. The SMILES string of the molecule is CCCCCOc1ccc(C2c3c(-c4cc(C)cc(C)c4O)n[nH]c3C(=O)N2Cc2ccc(OC)cc2)cc1OC. The molecule has 3 aromatic carbocycles. The maximum absolute atomic E-state index is 13.9. The third-order valence-corrected chi connectivity index (χ3v) is 7.58. The Balaban J connectivity index is 1.60. The monoisotopic (exact) mass is 555 g/mol. The highest BCUT2D eigenvalue weighted by Crippen LogP contribution is 2.47. The number of nitrogens with one attached hydrogen (secondary N) is 1. The molecule has 0 fully saturated rings. The molecule has 1 atom stereocenters. The number of rotatable bonds is 11. The smallest absolute Gasteiger partial charge is 0.273 e. The minimum absolute atomic E-state index is 0.151. The number of aromatic hydroxyl groups is 1.